The molecule has 3 aliphatic rings. The van der Waals surface area contributed by atoms with Crippen molar-refractivity contribution in [2.75, 3.05) is 26.2 Å². The van der Waals surface area contributed by atoms with E-state index in [9.17, 15) is 24.3 Å². The van der Waals surface area contributed by atoms with Crippen LogP contribution in [0.3, 0.4) is 0 Å². The number of halogens is 1. The van der Waals surface area contributed by atoms with E-state index in [-0.39, 0.29) is 48.2 Å². The van der Waals surface area contributed by atoms with Gasteiger partial charge in [-0.05, 0) is 45.1 Å². The van der Waals surface area contributed by atoms with Crippen LogP contribution in [-0.4, -0.2) is 93.5 Å². The first-order valence-electron chi connectivity index (χ1n) is 16.4. The van der Waals surface area contributed by atoms with Crippen LogP contribution in [0.4, 0.5) is 0 Å². The molecule has 3 fully saturated rings. The van der Waals surface area contributed by atoms with Gasteiger partial charge in [0.1, 0.15) is 17.7 Å². The molecule has 2 N–H and O–H groups in total. The Morgan fingerprint density at radius 2 is 1.89 bits per heavy atom. The molecule has 0 aliphatic carbocycles. The highest BCUT2D eigenvalue weighted by Crippen LogP contribution is 2.60. The number of rotatable bonds is 18. The maximum atomic E-state index is 14.4. The second-order valence-electron chi connectivity index (χ2n) is 12.7. The summed E-state index contributed by atoms with van der Waals surface area (Å²) in [5.74, 6) is -3.10. The number of aliphatic hydroxyl groups is 1. The van der Waals surface area contributed by atoms with Gasteiger partial charge in [-0.2, -0.15) is 0 Å². The zero-order valence-corrected chi connectivity index (χ0v) is 28.5. The van der Waals surface area contributed by atoms with Gasteiger partial charge in [-0.3, -0.25) is 19.2 Å². The predicted octanol–water partition coefficient (Wildman–Crippen LogP) is 4.08. The van der Waals surface area contributed by atoms with Crippen molar-refractivity contribution in [1.82, 2.24) is 15.1 Å². The largest absolute Gasteiger partial charge is 0.455 e. The van der Waals surface area contributed by atoms with Gasteiger partial charge in [0.05, 0.1) is 24.5 Å². The van der Waals surface area contributed by atoms with Gasteiger partial charge in [-0.25, -0.2) is 0 Å². The first-order valence-corrected chi connectivity index (χ1v) is 17.3. The maximum Gasteiger partial charge on any atom is 0.313 e. The Morgan fingerprint density at radius 3 is 2.54 bits per heavy atom. The van der Waals surface area contributed by atoms with Gasteiger partial charge < -0.3 is 29.7 Å². The third kappa shape index (κ3) is 7.42. The van der Waals surface area contributed by atoms with Gasteiger partial charge in [0.25, 0.3) is 0 Å². The number of alkyl halides is 1. The fraction of sp³-hybridized carbons (Fsp3) is 0.600. The smallest absolute Gasteiger partial charge is 0.313 e. The van der Waals surface area contributed by atoms with Crippen molar-refractivity contribution in [3.63, 3.8) is 0 Å². The number of likely N-dealkylation sites (tertiary alicyclic amines) is 1. The third-order valence-electron chi connectivity index (χ3n) is 9.32. The number of aliphatic hydroxyl groups excluding tert-OH is 1. The predicted molar refractivity (Wildman–Crippen MR) is 178 cm³/mol. The average molecular weight is 703 g/mol. The number of unbranched alkanes of at least 4 members (excludes halogenated alkanes) is 3. The molecule has 1 aromatic rings. The molecule has 1 unspecified atom stereocenters. The number of hydrogen-bond donors (Lipinski definition) is 2. The van der Waals surface area contributed by atoms with Crippen LogP contribution in [0, 0.1) is 11.8 Å². The number of allylic oxidation sites excluding steroid dienone is 1. The number of nitrogens with zero attached hydrogens (tertiary/aromatic N) is 2. The molecule has 3 heterocycles. The van der Waals surface area contributed by atoms with Crippen molar-refractivity contribution in [1.29, 1.82) is 0 Å². The van der Waals surface area contributed by atoms with Gasteiger partial charge in [-0.1, -0.05) is 71.3 Å². The Labute approximate surface area is 280 Å². The molecule has 1 aromatic carbocycles. The monoisotopic (exact) mass is 701 g/mol. The minimum atomic E-state index is -1.20. The Kier molecular flexibility index (Phi) is 12.6. The van der Waals surface area contributed by atoms with E-state index >= 15 is 0 Å². The van der Waals surface area contributed by atoms with Crippen LogP contribution in [0.15, 0.2) is 55.6 Å². The molecule has 2 bridgehead atoms. The normalized spacial score (nSPS) is 26.9. The summed E-state index contributed by atoms with van der Waals surface area (Å²) in [6, 6.07) is 8.13. The minimum Gasteiger partial charge on any atom is -0.455 e. The molecule has 10 nitrogen and oxygen atoms in total. The van der Waals surface area contributed by atoms with E-state index in [0.717, 1.165) is 12.8 Å². The van der Waals surface area contributed by atoms with Crippen LogP contribution in [0.1, 0.15) is 70.5 Å². The summed E-state index contributed by atoms with van der Waals surface area (Å²) in [4.78, 5) is 58.4. The van der Waals surface area contributed by atoms with Crippen molar-refractivity contribution < 1.29 is 33.8 Å². The van der Waals surface area contributed by atoms with E-state index in [4.69, 9.17) is 9.47 Å². The van der Waals surface area contributed by atoms with E-state index in [1.165, 1.54) is 0 Å². The number of amides is 3. The molecule has 0 aromatic heterocycles. The van der Waals surface area contributed by atoms with Gasteiger partial charge in [0, 0.05) is 37.0 Å². The Morgan fingerprint density at radius 1 is 1.17 bits per heavy atom. The van der Waals surface area contributed by atoms with Gasteiger partial charge >= 0.3 is 5.97 Å². The number of carbonyl (C=O) groups excluding carboxylic acids is 4. The number of ether oxygens (including phenoxy) is 2. The summed E-state index contributed by atoms with van der Waals surface area (Å²) in [6.07, 6.45) is 6.01. The third-order valence-corrected chi connectivity index (χ3v) is 10.2. The molecule has 11 heteroatoms. The van der Waals surface area contributed by atoms with Crippen LogP contribution in [0.25, 0.3) is 0 Å². The lowest BCUT2D eigenvalue weighted by atomic mass is 9.70. The van der Waals surface area contributed by atoms with E-state index < -0.39 is 41.7 Å². The Balaban J connectivity index is 1.64. The summed E-state index contributed by atoms with van der Waals surface area (Å²) in [7, 11) is 0. The Hall–Kier alpha value is -3.02. The fourth-order valence-electron chi connectivity index (χ4n) is 7.16. The molecule has 0 radical (unpaired) electrons. The summed E-state index contributed by atoms with van der Waals surface area (Å²) < 4.78 is 12.8. The van der Waals surface area contributed by atoms with E-state index in [0.29, 0.717) is 44.3 Å². The molecule has 4 rings (SSSR count). The van der Waals surface area contributed by atoms with Gasteiger partial charge in [0.15, 0.2) is 0 Å². The number of benzene rings is 1. The standard InChI is InChI=1S/C35H48BrN3O7/c1-5-7-17-27(41)37-22-26(24-15-11-10-12-16-24)45-34(44)28-29-32(42)39(19-13-8-9-14-20-40)31(33(43)38(18-6-2)23(3)4)35(29)21-25(36)30(28)46-35/h5-6,10-12,15-16,23,25-26,28-31,40H,1-2,7-9,13-14,17-22H2,3-4H3,(H,37,41)/t25?,26-,28-,29+,30-,31-,35+/m0/s1. The molecule has 7 atom stereocenters. The van der Waals surface area contributed by atoms with Crippen LogP contribution in [0.2, 0.25) is 0 Å². The number of nitrogens with one attached hydrogen (secondary N) is 1. The molecule has 252 valence electrons. The number of carbonyl (C=O) groups is 4. The minimum absolute atomic E-state index is 0.0669. The second-order valence-corrected chi connectivity index (χ2v) is 13.8. The van der Waals surface area contributed by atoms with Crippen LogP contribution in [-0.2, 0) is 28.7 Å². The van der Waals surface area contributed by atoms with Crippen molar-refractivity contribution in [2.24, 2.45) is 11.8 Å². The fourth-order valence-corrected chi connectivity index (χ4v) is 8.10. The van der Waals surface area contributed by atoms with Gasteiger partial charge in [-0.15, -0.1) is 13.2 Å². The zero-order chi connectivity index (χ0) is 33.4. The Bertz CT molecular complexity index is 1260. The van der Waals surface area contributed by atoms with Crippen LogP contribution < -0.4 is 5.32 Å². The molecule has 1 spiro atoms. The highest BCUT2D eigenvalue weighted by molar-refractivity contribution is 9.09. The summed E-state index contributed by atoms with van der Waals surface area (Å²) >= 11 is 3.72. The lowest BCUT2D eigenvalue weighted by molar-refractivity contribution is -0.160. The first kappa shape index (κ1) is 35.8. The summed E-state index contributed by atoms with van der Waals surface area (Å²) in [6.45, 7) is 12.2. The quantitative estimate of drug-likeness (QED) is 0.102. The molecular formula is C35H48BrN3O7. The number of fused-ring (bicyclic) bond motifs is 1. The van der Waals surface area contributed by atoms with Crippen molar-refractivity contribution in [3.8, 4) is 0 Å². The van der Waals surface area contributed by atoms with E-state index in [2.05, 4.69) is 34.4 Å². The highest BCUT2D eigenvalue weighted by atomic mass is 79.9. The lowest BCUT2D eigenvalue weighted by Gasteiger charge is -2.38. The van der Waals surface area contributed by atoms with Gasteiger partial charge in [0.2, 0.25) is 17.7 Å². The topological polar surface area (TPSA) is 125 Å². The molecule has 3 saturated heterocycles. The molecule has 0 saturated carbocycles. The van der Waals surface area contributed by atoms with Crippen LogP contribution >= 0.6 is 15.9 Å². The average Bonchev–Trinajstić information content (AvgIpc) is 3.63. The molecular weight excluding hydrogens is 654 g/mol. The zero-order valence-electron chi connectivity index (χ0n) is 26.9. The highest BCUT2D eigenvalue weighted by Gasteiger charge is 2.77. The van der Waals surface area contributed by atoms with Crippen molar-refractivity contribution in [2.45, 2.75) is 93.5 Å². The van der Waals surface area contributed by atoms with E-state index in [1.54, 1.807) is 22.0 Å². The number of esters is 1. The molecule has 3 aliphatic heterocycles. The van der Waals surface area contributed by atoms with Crippen molar-refractivity contribution in [3.05, 3.63) is 61.2 Å². The summed E-state index contributed by atoms with van der Waals surface area (Å²) in [5, 5.41) is 12.1. The van der Waals surface area contributed by atoms with Crippen molar-refractivity contribution >= 4 is 39.6 Å². The maximum absolute atomic E-state index is 14.4. The second kappa shape index (κ2) is 16.2. The SMILES string of the molecule is C=CCCC(=O)NC[C@H](OC(=O)[C@@H]1[C@H]2O[C@@]3(CC2Br)[C@H](C(=O)N(CC=C)C(C)C)N(CCCCCCO)C(=O)[C@@H]13)c1ccccc1. The lowest BCUT2D eigenvalue weighted by Crippen LogP contribution is -2.58. The first-order chi connectivity index (χ1) is 22.1. The van der Waals surface area contributed by atoms with Crippen LogP contribution in [0.5, 0.6) is 0 Å². The molecule has 3 amide bonds. The number of hydrogen-bond acceptors (Lipinski definition) is 7. The molecule has 46 heavy (non-hydrogen) atoms. The summed E-state index contributed by atoms with van der Waals surface area (Å²) in [5.41, 5.74) is -0.488. The van der Waals surface area contributed by atoms with E-state index in [1.807, 2.05) is 44.2 Å².